The summed E-state index contributed by atoms with van der Waals surface area (Å²) in [6, 6.07) is 12.5. The van der Waals surface area contributed by atoms with Crippen molar-refractivity contribution in [3.05, 3.63) is 59.4 Å². The van der Waals surface area contributed by atoms with Gasteiger partial charge in [0.1, 0.15) is 5.60 Å². The molecule has 2 aromatic rings. The lowest BCUT2D eigenvalue weighted by atomic mass is 9.59. The molecule has 2 aliphatic rings. The summed E-state index contributed by atoms with van der Waals surface area (Å²) in [4.78, 5) is 8.74. The van der Waals surface area contributed by atoms with E-state index >= 15 is 0 Å². The highest BCUT2D eigenvalue weighted by atomic mass is 16.3. The third kappa shape index (κ3) is 3.34. The molecule has 4 rings (SSSR count). The number of aliphatic hydroxyl groups is 2. The molecule has 2 heterocycles. The molecule has 29 heavy (non-hydrogen) atoms. The monoisotopic (exact) mass is 396 g/mol. The molecule has 156 valence electrons. The molecular formula is C23H32N4O2. The van der Waals surface area contributed by atoms with Crippen LogP contribution < -0.4 is 10.2 Å². The van der Waals surface area contributed by atoms with Crippen molar-refractivity contribution in [3.8, 4) is 0 Å². The second-order valence-corrected chi connectivity index (χ2v) is 9.49. The number of aromatic nitrogens is 1. The Bertz CT molecular complexity index is 885. The zero-order chi connectivity index (χ0) is 21.0. The Kier molecular flexibility index (Phi) is 4.74. The average Bonchev–Trinajstić information content (AvgIpc) is 2.97. The summed E-state index contributed by atoms with van der Waals surface area (Å²) < 4.78 is 0. The zero-order valence-electron chi connectivity index (χ0n) is 18.0. The molecule has 0 amide bonds. The highest BCUT2D eigenvalue weighted by molar-refractivity contribution is 5.55. The summed E-state index contributed by atoms with van der Waals surface area (Å²) in [5.41, 5.74) is 2.70. The van der Waals surface area contributed by atoms with Crippen LogP contribution in [0.5, 0.6) is 0 Å². The summed E-state index contributed by atoms with van der Waals surface area (Å²) in [5.74, 6) is 0. The summed E-state index contributed by atoms with van der Waals surface area (Å²) in [6.45, 7) is 6.18. The van der Waals surface area contributed by atoms with E-state index in [0.717, 1.165) is 30.6 Å². The topological polar surface area (TPSA) is 71.9 Å². The fraction of sp³-hybridized carbons (Fsp3) is 0.522. The first-order valence-corrected chi connectivity index (χ1v) is 10.2. The van der Waals surface area contributed by atoms with E-state index in [1.54, 1.807) is 20.0 Å². The van der Waals surface area contributed by atoms with E-state index < -0.39 is 12.0 Å². The van der Waals surface area contributed by atoms with Gasteiger partial charge in [-0.3, -0.25) is 15.2 Å². The van der Waals surface area contributed by atoms with Crippen LogP contribution in [0.15, 0.2) is 42.6 Å². The smallest absolute Gasteiger partial charge is 0.184 e. The lowest BCUT2D eigenvalue weighted by molar-refractivity contribution is -0.0313. The van der Waals surface area contributed by atoms with Crippen LogP contribution in [0.4, 0.5) is 5.69 Å². The average molecular weight is 397 g/mol. The van der Waals surface area contributed by atoms with Gasteiger partial charge in [0.15, 0.2) is 6.35 Å². The predicted octanol–water partition coefficient (Wildman–Crippen LogP) is 2.29. The van der Waals surface area contributed by atoms with Crippen molar-refractivity contribution >= 4 is 5.69 Å². The first-order valence-electron chi connectivity index (χ1n) is 10.2. The van der Waals surface area contributed by atoms with Crippen LogP contribution >= 0.6 is 0 Å². The van der Waals surface area contributed by atoms with Gasteiger partial charge in [-0.15, -0.1) is 0 Å². The molecule has 0 bridgehead atoms. The number of rotatable bonds is 4. The third-order valence-corrected chi connectivity index (χ3v) is 6.65. The first-order chi connectivity index (χ1) is 13.6. The standard InChI is InChI=1S/C23H32N4O2/c1-16-11-19(21(2,3)29)24-12-18(16)27-15-22(25-20(27)28)13-23(14-22,26(4)5)17-9-7-6-8-10-17/h6-12,20,25,28-29H,13-15H2,1-5H3/t20?,22-,23+. The minimum absolute atomic E-state index is 0.0257. The van der Waals surface area contributed by atoms with Crippen molar-refractivity contribution < 1.29 is 10.2 Å². The molecule has 0 radical (unpaired) electrons. The van der Waals surface area contributed by atoms with Gasteiger partial charge in [0, 0.05) is 17.6 Å². The fourth-order valence-corrected chi connectivity index (χ4v) is 5.02. The molecule has 1 unspecified atom stereocenters. The van der Waals surface area contributed by atoms with E-state index in [4.69, 9.17) is 0 Å². The number of hydrogen-bond donors (Lipinski definition) is 3. The van der Waals surface area contributed by atoms with Gasteiger partial charge >= 0.3 is 0 Å². The highest BCUT2D eigenvalue weighted by Gasteiger charge is 2.60. The molecule has 3 N–H and O–H groups in total. The van der Waals surface area contributed by atoms with Crippen LogP contribution in [0.1, 0.15) is 43.5 Å². The van der Waals surface area contributed by atoms with E-state index in [1.807, 2.05) is 24.0 Å². The first kappa shape index (κ1) is 20.3. The van der Waals surface area contributed by atoms with Crippen molar-refractivity contribution in [1.82, 2.24) is 15.2 Å². The van der Waals surface area contributed by atoms with Gasteiger partial charge in [-0.05, 0) is 64.9 Å². The maximum absolute atomic E-state index is 10.8. The van der Waals surface area contributed by atoms with Crippen molar-refractivity contribution in [1.29, 1.82) is 0 Å². The Morgan fingerprint density at radius 3 is 2.41 bits per heavy atom. The Morgan fingerprint density at radius 1 is 1.21 bits per heavy atom. The van der Waals surface area contributed by atoms with E-state index in [-0.39, 0.29) is 11.1 Å². The van der Waals surface area contributed by atoms with Crippen LogP contribution in [0.25, 0.3) is 0 Å². The Morgan fingerprint density at radius 2 is 1.86 bits per heavy atom. The summed E-state index contributed by atoms with van der Waals surface area (Å²) in [7, 11) is 4.26. The number of hydrogen-bond acceptors (Lipinski definition) is 6. The van der Waals surface area contributed by atoms with Gasteiger partial charge in [-0.1, -0.05) is 30.3 Å². The van der Waals surface area contributed by atoms with Gasteiger partial charge in [0.2, 0.25) is 0 Å². The summed E-state index contributed by atoms with van der Waals surface area (Å²) in [5, 5.41) is 24.5. The zero-order valence-corrected chi connectivity index (χ0v) is 18.0. The fourth-order valence-electron chi connectivity index (χ4n) is 5.02. The van der Waals surface area contributed by atoms with Crippen molar-refractivity contribution in [2.24, 2.45) is 0 Å². The normalized spacial score (nSPS) is 29.5. The van der Waals surface area contributed by atoms with E-state index in [0.29, 0.717) is 5.69 Å². The molecule has 1 atom stereocenters. The lowest BCUT2D eigenvalue weighted by Crippen LogP contribution is -2.67. The number of aryl methyl sites for hydroxylation is 1. The Hall–Kier alpha value is -1.99. The molecule has 6 heteroatoms. The predicted molar refractivity (Wildman–Crippen MR) is 114 cm³/mol. The molecule has 1 aliphatic heterocycles. The number of pyridine rings is 1. The largest absolute Gasteiger partial charge is 0.384 e. The number of benzene rings is 1. The second kappa shape index (κ2) is 6.77. The summed E-state index contributed by atoms with van der Waals surface area (Å²) >= 11 is 0. The van der Waals surface area contributed by atoms with Crippen molar-refractivity contribution in [2.45, 2.75) is 56.6 Å². The molecule has 1 saturated heterocycles. The maximum Gasteiger partial charge on any atom is 0.184 e. The van der Waals surface area contributed by atoms with E-state index in [2.05, 4.69) is 53.6 Å². The van der Waals surface area contributed by atoms with Gasteiger partial charge < -0.3 is 15.1 Å². The van der Waals surface area contributed by atoms with Crippen LogP contribution in [0.2, 0.25) is 0 Å². The van der Waals surface area contributed by atoms with Crippen molar-refractivity contribution in [2.75, 3.05) is 25.5 Å². The third-order valence-electron chi connectivity index (χ3n) is 6.65. The maximum atomic E-state index is 10.8. The molecular weight excluding hydrogens is 364 g/mol. The van der Waals surface area contributed by atoms with Crippen LogP contribution in [0, 0.1) is 6.92 Å². The van der Waals surface area contributed by atoms with Gasteiger partial charge in [-0.25, -0.2) is 0 Å². The molecule has 1 saturated carbocycles. The second-order valence-electron chi connectivity index (χ2n) is 9.49. The molecule has 1 aliphatic carbocycles. The minimum Gasteiger partial charge on any atom is -0.384 e. The number of anilines is 1. The van der Waals surface area contributed by atoms with Crippen LogP contribution in [0.3, 0.4) is 0 Å². The van der Waals surface area contributed by atoms with Crippen molar-refractivity contribution in [3.63, 3.8) is 0 Å². The highest BCUT2D eigenvalue weighted by Crippen LogP contribution is 2.54. The van der Waals surface area contributed by atoms with Gasteiger partial charge in [-0.2, -0.15) is 0 Å². The molecule has 1 spiro atoms. The molecule has 1 aromatic carbocycles. The van der Waals surface area contributed by atoms with Crippen LogP contribution in [-0.2, 0) is 11.1 Å². The Balaban J connectivity index is 1.57. The number of nitrogens with zero attached hydrogens (tertiary/aromatic N) is 3. The van der Waals surface area contributed by atoms with Gasteiger partial charge in [0.05, 0.1) is 17.6 Å². The number of nitrogens with one attached hydrogen (secondary N) is 1. The summed E-state index contributed by atoms with van der Waals surface area (Å²) in [6.07, 6.45) is 2.87. The minimum atomic E-state index is -0.985. The van der Waals surface area contributed by atoms with Gasteiger partial charge in [0.25, 0.3) is 0 Å². The quantitative estimate of drug-likeness (QED) is 0.737. The SMILES string of the molecule is Cc1cc(C(C)(C)O)ncc1N1C[C@]2(C[C@](c3ccccc3)(N(C)C)C2)NC1O. The molecule has 6 nitrogen and oxygen atoms in total. The lowest BCUT2D eigenvalue weighted by Gasteiger charge is -2.58. The number of aliphatic hydroxyl groups excluding tert-OH is 1. The van der Waals surface area contributed by atoms with E-state index in [9.17, 15) is 10.2 Å². The molecule has 2 fully saturated rings. The van der Waals surface area contributed by atoms with Crippen LogP contribution in [-0.4, -0.2) is 52.6 Å². The molecule has 1 aromatic heterocycles. The van der Waals surface area contributed by atoms with E-state index in [1.165, 1.54) is 5.56 Å². The Labute approximate surface area is 173 Å².